The number of carboxylic acid groups (broad SMARTS) is 1. The summed E-state index contributed by atoms with van der Waals surface area (Å²) in [5, 5.41) is 11.4. The topological polar surface area (TPSA) is 79.3 Å². The van der Waals surface area contributed by atoms with Gasteiger partial charge in [-0.15, -0.1) is 0 Å². The van der Waals surface area contributed by atoms with E-state index in [1.54, 1.807) is 12.3 Å². The molecule has 5 heteroatoms. The van der Waals surface area contributed by atoms with E-state index < -0.39 is 5.97 Å². The quantitative estimate of drug-likeness (QED) is 0.715. The van der Waals surface area contributed by atoms with Gasteiger partial charge in [0.2, 0.25) is 0 Å². The van der Waals surface area contributed by atoms with E-state index in [1.807, 2.05) is 0 Å². The van der Waals surface area contributed by atoms with Gasteiger partial charge in [-0.1, -0.05) is 0 Å². The molecule has 0 saturated heterocycles. The lowest BCUT2D eigenvalue weighted by molar-refractivity contribution is -0.131. The maximum atomic E-state index is 11.1. The number of aromatic nitrogens is 1. The van der Waals surface area contributed by atoms with Crippen molar-refractivity contribution in [3.05, 3.63) is 29.6 Å². The minimum absolute atomic E-state index is 0.105. The number of nitrogens with zero attached hydrogens (tertiary/aromatic N) is 1. The Kier molecular flexibility index (Phi) is 2.68. The number of nitrogens with one attached hydrogen (secondary N) is 1. The first-order valence-electron chi connectivity index (χ1n) is 4.80. The predicted octanol–water partition coefficient (Wildman–Crippen LogP) is 0.717. The number of carbonyl (C=O) groups excluding carboxylic acids is 1. The molecule has 2 N–H and O–H groups in total. The Morgan fingerprint density at radius 2 is 2.38 bits per heavy atom. The Labute approximate surface area is 91.8 Å². The van der Waals surface area contributed by atoms with E-state index in [1.165, 1.54) is 6.08 Å². The number of rotatable bonds is 2. The summed E-state index contributed by atoms with van der Waals surface area (Å²) in [6, 6.07) is 1.79. The Hall–Kier alpha value is -2.17. The Morgan fingerprint density at radius 3 is 3.12 bits per heavy atom. The summed E-state index contributed by atoms with van der Waals surface area (Å²) in [5.74, 6) is -0.894. The van der Waals surface area contributed by atoms with Crippen molar-refractivity contribution in [2.45, 2.75) is 6.42 Å². The Bertz CT molecular complexity index is 480. The fourth-order valence-electron chi connectivity index (χ4n) is 1.50. The van der Waals surface area contributed by atoms with E-state index in [4.69, 9.17) is 5.11 Å². The third kappa shape index (κ3) is 2.25. The van der Waals surface area contributed by atoms with E-state index in [9.17, 15) is 9.59 Å². The van der Waals surface area contributed by atoms with E-state index in [0.29, 0.717) is 24.2 Å². The van der Waals surface area contributed by atoms with Gasteiger partial charge in [-0.25, -0.2) is 4.79 Å². The molecule has 82 valence electrons. The lowest BCUT2D eigenvalue weighted by Crippen LogP contribution is -2.23. The zero-order chi connectivity index (χ0) is 11.5. The number of pyridine rings is 1. The van der Waals surface area contributed by atoms with Gasteiger partial charge in [-0.3, -0.25) is 9.78 Å². The molecule has 2 rings (SSSR count). The highest BCUT2D eigenvalue weighted by Gasteiger charge is 2.15. The maximum absolute atomic E-state index is 11.1. The first-order valence-corrected chi connectivity index (χ1v) is 4.80. The lowest BCUT2D eigenvalue weighted by atomic mass is 10.1. The summed E-state index contributed by atoms with van der Waals surface area (Å²) >= 11 is 0. The zero-order valence-electron chi connectivity index (χ0n) is 8.43. The van der Waals surface area contributed by atoms with Gasteiger partial charge in [0.25, 0.3) is 0 Å². The van der Waals surface area contributed by atoms with Gasteiger partial charge in [0.05, 0.1) is 24.3 Å². The largest absolute Gasteiger partial charge is 0.478 e. The van der Waals surface area contributed by atoms with Crippen molar-refractivity contribution < 1.29 is 14.7 Å². The van der Waals surface area contributed by atoms with Crippen LogP contribution >= 0.6 is 0 Å². The first-order chi connectivity index (χ1) is 7.65. The molecule has 1 aromatic heterocycles. The zero-order valence-corrected chi connectivity index (χ0v) is 8.43. The smallest absolute Gasteiger partial charge is 0.328 e. The van der Waals surface area contributed by atoms with Crippen molar-refractivity contribution in [3.63, 3.8) is 0 Å². The second-order valence-corrected chi connectivity index (χ2v) is 3.50. The van der Waals surface area contributed by atoms with Crippen molar-refractivity contribution in [1.29, 1.82) is 0 Å². The molecule has 0 unspecified atom stereocenters. The third-order valence-corrected chi connectivity index (χ3v) is 2.25. The number of ketones is 1. The molecule has 0 aromatic carbocycles. The molecule has 16 heavy (non-hydrogen) atoms. The Balaban J connectivity index is 2.26. The van der Waals surface area contributed by atoms with Gasteiger partial charge in [0.15, 0.2) is 5.78 Å². The van der Waals surface area contributed by atoms with Crippen LogP contribution in [0.25, 0.3) is 6.08 Å². The summed E-state index contributed by atoms with van der Waals surface area (Å²) in [6.45, 7) is 0.306. The number of anilines is 1. The molecule has 0 aliphatic carbocycles. The van der Waals surface area contributed by atoms with Crippen LogP contribution < -0.4 is 5.32 Å². The number of Topliss-reactive ketones (excluding diaryl/α,β-unsaturated/α-hetero) is 1. The van der Waals surface area contributed by atoms with Crippen molar-refractivity contribution in [2.24, 2.45) is 0 Å². The van der Waals surface area contributed by atoms with Gasteiger partial charge in [-0.2, -0.15) is 0 Å². The monoisotopic (exact) mass is 218 g/mol. The molecule has 0 radical (unpaired) electrons. The number of carbonyl (C=O) groups is 2. The van der Waals surface area contributed by atoms with Crippen LogP contribution in [0.15, 0.2) is 18.3 Å². The van der Waals surface area contributed by atoms with E-state index in [-0.39, 0.29) is 5.78 Å². The lowest BCUT2D eigenvalue weighted by Gasteiger charge is -2.16. The molecule has 0 bridgehead atoms. The normalized spacial score (nSPS) is 14.6. The minimum Gasteiger partial charge on any atom is -0.478 e. The molecular weight excluding hydrogens is 208 g/mol. The number of hydrogen-bond donors (Lipinski definition) is 2. The Morgan fingerprint density at radius 1 is 1.56 bits per heavy atom. The molecule has 0 amide bonds. The predicted molar refractivity (Wildman–Crippen MR) is 58.1 cm³/mol. The summed E-state index contributed by atoms with van der Waals surface area (Å²) in [6.07, 6.45) is 4.41. The second-order valence-electron chi connectivity index (χ2n) is 3.50. The molecule has 0 saturated carbocycles. The van der Waals surface area contributed by atoms with Crippen molar-refractivity contribution in [1.82, 2.24) is 4.98 Å². The summed E-state index contributed by atoms with van der Waals surface area (Å²) in [4.78, 5) is 25.6. The van der Waals surface area contributed by atoms with Crippen LogP contribution in [-0.4, -0.2) is 28.4 Å². The first kappa shape index (κ1) is 10.4. The van der Waals surface area contributed by atoms with Crippen LogP contribution in [0, 0.1) is 0 Å². The molecule has 2 heterocycles. The van der Waals surface area contributed by atoms with Gasteiger partial charge < -0.3 is 10.4 Å². The highest BCUT2D eigenvalue weighted by molar-refractivity contribution is 5.89. The molecule has 1 aromatic rings. The van der Waals surface area contributed by atoms with Crippen molar-refractivity contribution in [2.75, 3.05) is 11.9 Å². The van der Waals surface area contributed by atoms with Gasteiger partial charge in [-0.05, 0) is 17.7 Å². The van der Waals surface area contributed by atoms with Gasteiger partial charge >= 0.3 is 5.97 Å². The third-order valence-electron chi connectivity index (χ3n) is 2.25. The van der Waals surface area contributed by atoms with Gasteiger partial charge in [0, 0.05) is 12.3 Å². The number of hydrogen-bond acceptors (Lipinski definition) is 4. The van der Waals surface area contributed by atoms with E-state index >= 15 is 0 Å². The highest BCUT2D eigenvalue weighted by atomic mass is 16.4. The SMILES string of the molecule is O=C(O)C=Cc1cnc2c(c1)NCC(=O)C2. The average molecular weight is 218 g/mol. The van der Waals surface area contributed by atoms with Crippen LogP contribution in [0.3, 0.4) is 0 Å². The molecule has 0 atom stereocenters. The number of fused-ring (bicyclic) bond motifs is 1. The molecule has 0 fully saturated rings. The number of carboxylic acids is 1. The van der Waals surface area contributed by atoms with Crippen LogP contribution in [0.5, 0.6) is 0 Å². The standard InChI is InChI=1S/C11H10N2O3/c14-8-4-10-9(13-6-8)3-7(5-12-10)1-2-11(15)16/h1-3,5,13H,4,6H2,(H,15,16). The average Bonchev–Trinajstić information content (AvgIpc) is 2.26. The summed E-state index contributed by atoms with van der Waals surface area (Å²) < 4.78 is 0. The van der Waals surface area contributed by atoms with Crippen LogP contribution in [0.4, 0.5) is 5.69 Å². The molecule has 1 aliphatic heterocycles. The van der Waals surface area contributed by atoms with Crippen LogP contribution in [0.1, 0.15) is 11.3 Å². The van der Waals surface area contributed by atoms with Crippen LogP contribution in [-0.2, 0) is 16.0 Å². The van der Waals surface area contributed by atoms with Gasteiger partial charge in [0.1, 0.15) is 0 Å². The summed E-state index contributed by atoms with van der Waals surface area (Å²) in [7, 11) is 0. The van der Waals surface area contributed by atoms with Crippen LogP contribution in [0.2, 0.25) is 0 Å². The molecular formula is C11H10N2O3. The summed E-state index contributed by atoms with van der Waals surface area (Å²) in [5.41, 5.74) is 2.21. The molecule has 1 aliphatic rings. The number of aliphatic carboxylic acids is 1. The van der Waals surface area contributed by atoms with E-state index in [2.05, 4.69) is 10.3 Å². The van der Waals surface area contributed by atoms with Crippen molar-refractivity contribution >= 4 is 23.5 Å². The molecule has 5 nitrogen and oxygen atoms in total. The molecule has 0 spiro atoms. The maximum Gasteiger partial charge on any atom is 0.328 e. The minimum atomic E-state index is -0.999. The fourth-order valence-corrected chi connectivity index (χ4v) is 1.50. The van der Waals surface area contributed by atoms with E-state index in [0.717, 1.165) is 11.8 Å². The fraction of sp³-hybridized carbons (Fsp3) is 0.182. The second kappa shape index (κ2) is 4.14. The highest BCUT2D eigenvalue weighted by Crippen LogP contribution is 2.19. The van der Waals surface area contributed by atoms with Crippen molar-refractivity contribution in [3.8, 4) is 0 Å².